The number of hydrogen-bond donors (Lipinski definition) is 0. The lowest BCUT2D eigenvalue weighted by molar-refractivity contribution is -0.121. The van der Waals surface area contributed by atoms with E-state index in [9.17, 15) is 9.59 Å². The molecule has 0 saturated carbocycles. The molecule has 1 aliphatic rings. The number of aromatic nitrogens is 1. The maximum absolute atomic E-state index is 11.6. The van der Waals surface area contributed by atoms with E-state index in [-0.39, 0.29) is 24.7 Å². The van der Waals surface area contributed by atoms with Gasteiger partial charge < -0.3 is 0 Å². The van der Waals surface area contributed by atoms with Crippen molar-refractivity contribution in [2.24, 2.45) is 0 Å². The molecule has 0 aliphatic carbocycles. The van der Waals surface area contributed by atoms with Gasteiger partial charge in [-0.1, -0.05) is 0 Å². The first kappa shape index (κ1) is 11.3. The summed E-state index contributed by atoms with van der Waals surface area (Å²) >= 11 is 0. The lowest BCUT2D eigenvalue weighted by Crippen LogP contribution is -2.29. The van der Waals surface area contributed by atoms with E-state index >= 15 is 0 Å². The molecule has 0 atom stereocenters. The van der Waals surface area contributed by atoms with E-state index in [1.165, 1.54) is 0 Å². The van der Waals surface area contributed by atoms with Gasteiger partial charge in [-0.2, -0.15) is 5.26 Å². The predicted molar refractivity (Wildman–Crippen MR) is 60.2 cm³/mol. The van der Waals surface area contributed by atoms with Crippen LogP contribution in [-0.4, -0.2) is 16.8 Å². The third kappa shape index (κ3) is 1.78. The number of imide groups is 1. The van der Waals surface area contributed by atoms with Crippen LogP contribution in [0.25, 0.3) is 0 Å². The molecule has 2 rings (SSSR count). The highest BCUT2D eigenvalue weighted by atomic mass is 16.2. The van der Waals surface area contributed by atoms with Gasteiger partial charge in [0.2, 0.25) is 11.8 Å². The third-order valence-electron chi connectivity index (χ3n) is 2.78. The minimum Gasteiger partial charge on any atom is -0.274 e. The quantitative estimate of drug-likeness (QED) is 0.679. The highest BCUT2D eigenvalue weighted by Crippen LogP contribution is 2.23. The van der Waals surface area contributed by atoms with E-state index in [2.05, 4.69) is 11.1 Å². The first-order chi connectivity index (χ1) is 8.04. The molecule has 1 aromatic heterocycles. The summed E-state index contributed by atoms with van der Waals surface area (Å²) in [6, 6.07) is 3.66. The van der Waals surface area contributed by atoms with Crippen molar-refractivity contribution < 1.29 is 9.59 Å². The SMILES string of the molecule is Cc1cc(N2C(=O)CCC2=O)nc(C)c1C#N. The Bertz CT molecular complexity index is 518. The second-order valence-electron chi connectivity index (χ2n) is 3.99. The van der Waals surface area contributed by atoms with Gasteiger partial charge in [0.05, 0.1) is 11.3 Å². The molecule has 17 heavy (non-hydrogen) atoms. The number of carbonyl (C=O) groups excluding carboxylic acids is 2. The Balaban J connectivity index is 2.51. The van der Waals surface area contributed by atoms with Crippen molar-refractivity contribution in [1.29, 1.82) is 5.26 Å². The summed E-state index contributed by atoms with van der Waals surface area (Å²) in [6.07, 6.45) is 0.469. The first-order valence-corrected chi connectivity index (χ1v) is 5.28. The molecule has 2 amide bonds. The van der Waals surface area contributed by atoms with Crippen LogP contribution in [0.2, 0.25) is 0 Å². The number of nitriles is 1. The Labute approximate surface area is 98.7 Å². The topological polar surface area (TPSA) is 74.1 Å². The standard InChI is InChI=1S/C12H11N3O2/c1-7-5-10(14-8(2)9(7)6-13)15-11(16)3-4-12(15)17/h5H,3-4H2,1-2H3. The molecule has 0 bridgehead atoms. The van der Waals surface area contributed by atoms with Gasteiger partial charge in [0, 0.05) is 12.8 Å². The first-order valence-electron chi connectivity index (χ1n) is 5.28. The number of pyridine rings is 1. The molecule has 86 valence electrons. The van der Waals surface area contributed by atoms with Gasteiger partial charge in [-0.25, -0.2) is 9.88 Å². The van der Waals surface area contributed by atoms with E-state index in [1.807, 2.05) is 0 Å². The van der Waals surface area contributed by atoms with Crippen molar-refractivity contribution in [3.63, 3.8) is 0 Å². The van der Waals surface area contributed by atoms with Crippen LogP contribution in [0.15, 0.2) is 6.07 Å². The smallest absolute Gasteiger partial charge is 0.235 e. The van der Waals surface area contributed by atoms with E-state index in [1.54, 1.807) is 19.9 Å². The number of rotatable bonds is 1. The van der Waals surface area contributed by atoms with Crippen molar-refractivity contribution in [3.05, 3.63) is 22.9 Å². The number of aryl methyl sites for hydroxylation is 2. The molecule has 0 radical (unpaired) electrons. The zero-order chi connectivity index (χ0) is 12.6. The van der Waals surface area contributed by atoms with Gasteiger partial charge in [-0.15, -0.1) is 0 Å². The van der Waals surface area contributed by atoms with Gasteiger partial charge in [-0.05, 0) is 25.5 Å². The third-order valence-corrected chi connectivity index (χ3v) is 2.78. The Morgan fingerprint density at radius 2 is 1.88 bits per heavy atom. The summed E-state index contributed by atoms with van der Waals surface area (Å²) in [6.45, 7) is 3.46. The van der Waals surface area contributed by atoms with E-state index in [0.29, 0.717) is 17.1 Å². The summed E-state index contributed by atoms with van der Waals surface area (Å²) < 4.78 is 0. The minimum atomic E-state index is -0.231. The number of hydrogen-bond acceptors (Lipinski definition) is 4. The molecule has 1 aromatic rings. The summed E-state index contributed by atoms with van der Waals surface area (Å²) in [5.41, 5.74) is 1.75. The van der Waals surface area contributed by atoms with Crippen molar-refractivity contribution in [2.45, 2.75) is 26.7 Å². The second kappa shape index (κ2) is 3.98. The Morgan fingerprint density at radius 1 is 1.29 bits per heavy atom. The van der Waals surface area contributed by atoms with Crippen LogP contribution in [0.4, 0.5) is 5.82 Å². The minimum absolute atomic E-state index is 0.231. The van der Waals surface area contributed by atoms with E-state index < -0.39 is 0 Å². The molecular formula is C12H11N3O2. The monoisotopic (exact) mass is 229 g/mol. The Kier molecular flexibility index (Phi) is 2.64. The molecule has 5 heteroatoms. The van der Waals surface area contributed by atoms with Gasteiger partial charge in [-0.3, -0.25) is 9.59 Å². The van der Waals surface area contributed by atoms with Gasteiger partial charge >= 0.3 is 0 Å². The summed E-state index contributed by atoms with van der Waals surface area (Å²) in [5, 5.41) is 8.92. The van der Waals surface area contributed by atoms with E-state index in [0.717, 1.165) is 10.5 Å². The molecule has 1 fully saturated rings. The average molecular weight is 229 g/mol. The largest absolute Gasteiger partial charge is 0.274 e. The van der Waals surface area contributed by atoms with Crippen LogP contribution >= 0.6 is 0 Å². The van der Waals surface area contributed by atoms with Crippen LogP contribution in [-0.2, 0) is 9.59 Å². The van der Waals surface area contributed by atoms with E-state index in [4.69, 9.17) is 5.26 Å². The molecular weight excluding hydrogens is 218 g/mol. The Hall–Kier alpha value is -2.22. The van der Waals surface area contributed by atoms with Crippen LogP contribution in [0.3, 0.4) is 0 Å². The lowest BCUT2D eigenvalue weighted by Gasteiger charge is -2.14. The molecule has 0 aromatic carbocycles. The maximum atomic E-state index is 11.6. The zero-order valence-electron chi connectivity index (χ0n) is 9.65. The summed E-state index contributed by atoms with van der Waals surface area (Å²) in [4.78, 5) is 28.4. The predicted octanol–water partition coefficient (Wildman–Crippen LogP) is 1.22. The van der Waals surface area contributed by atoms with Crippen LogP contribution in [0, 0.1) is 25.2 Å². The zero-order valence-corrected chi connectivity index (χ0v) is 9.65. The van der Waals surface area contributed by atoms with Crippen LogP contribution < -0.4 is 4.90 Å². The number of amides is 2. The molecule has 2 heterocycles. The molecule has 1 aliphatic heterocycles. The number of nitrogens with zero attached hydrogens (tertiary/aromatic N) is 3. The second-order valence-corrected chi connectivity index (χ2v) is 3.99. The van der Waals surface area contributed by atoms with Gasteiger partial charge in [0.25, 0.3) is 0 Å². The molecule has 1 saturated heterocycles. The molecule has 5 nitrogen and oxygen atoms in total. The van der Waals surface area contributed by atoms with Crippen LogP contribution in [0.1, 0.15) is 29.7 Å². The normalized spacial score (nSPS) is 15.2. The highest BCUT2D eigenvalue weighted by molar-refractivity contribution is 6.19. The van der Waals surface area contributed by atoms with Gasteiger partial charge in [0.15, 0.2) is 0 Å². The Morgan fingerprint density at radius 3 is 2.35 bits per heavy atom. The fourth-order valence-electron chi connectivity index (χ4n) is 1.93. The summed E-state index contributed by atoms with van der Waals surface area (Å²) in [7, 11) is 0. The highest BCUT2D eigenvalue weighted by Gasteiger charge is 2.31. The molecule has 0 N–H and O–H groups in total. The number of carbonyl (C=O) groups is 2. The molecule has 0 unspecified atom stereocenters. The van der Waals surface area contributed by atoms with Crippen molar-refractivity contribution in [3.8, 4) is 6.07 Å². The van der Waals surface area contributed by atoms with Crippen molar-refractivity contribution >= 4 is 17.6 Å². The fraction of sp³-hybridized carbons (Fsp3) is 0.333. The van der Waals surface area contributed by atoms with Crippen molar-refractivity contribution in [1.82, 2.24) is 4.98 Å². The average Bonchev–Trinajstić information content (AvgIpc) is 2.58. The fourth-order valence-corrected chi connectivity index (χ4v) is 1.93. The lowest BCUT2D eigenvalue weighted by atomic mass is 10.1. The van der Waals surface area contributed by atoms with Crippen LogP contribution in [0.5, 0.6) is 0 Å². The van der Waals surface area contributed by atoms with Crippen molar-refractivity contribution in [2.75, 3.05) is 4.90 Å². The summed E-state index contributed by atoms with van der Waals surface area (Å²) in [5.74, 6) is -0.136. The maximum Gasteiger partial charge on any atom is 0.235 e. The number of anilines is 1. The van der Waals surface area contributed by atoms with Gasteiger partial charge in [0.1, 0.15) is 11.9 Å². The molecule has 0 spiro atoms.